The summed E-state index contributed by atoms with van der Waals surface area (Å²) in [6.45, 7) is 3.59. The number of allylic oxidation sites excluding steroid dienone is 1. The fourth-order valence-electron chi connectivity index (χ4n) is 4.10. The van der Waals surface area contributed by atoms with Crippen molar-refractivity contribution in [2.75, 3.05) is 25.2 Å². The molecular formula is C26H25NO4. The molecule has 3 aromatic carbocycles. The lowest BCUT2D eigenvalue weighted by Crippen LogP contribution is -2.25. The zero-order chi connectivity index (χ0) is 22.0. The van der Waals surface area contributed by atoms with Crippen LogP contribution in [-0.2, 0) is 19.7 Å². The van der Waals surface area contributed by atoms with Gasteiger partial charge in [-0.2, -0.15) is 0 Å². The molecule has 5 nitrogen and oxygen atoms in total. The van der Waals surface area contributed by atoms with E-state index in [1.807, 2.05) is 66.5 Å². The molecule has 1 aliphatic heterocycles. The van der Waals surface area contributed by atoms with Crippen LogP contribution in [0.15, 0.2) is 78.5 Å². The number of carbonyl (C=O) groups excluding carboxylic acids is 2. The average molecular weight is 415 g/mol. The van der Waals surface area contributed by atoms with E-state index in [0.29, 0.717) is 5.75 Å². The van der Waals surface area contributed by atoms with Crippen molar-refractivity contribution < 1.29 is 19.1 Å². The van der Waals surface area contributed by atoms with Crippen LogP contribution in [0.1, 0.15) is 19.4 Å². The highest BCUT2D eigenvalue weighted by Crippen LogP contribution is 2.46. The van der Waals surface area contributed by atoms with Crippen molar-refractivity contribution >= 4 is 28.2 Å². The molecule has 0 spiro atoms. The second-order valence-corrected chi connectivity index (χ2v) is 8.12. The lowest BCUT2D eigenvalue weighted by atomic mass is 9.83. The Morgan fingerprint density at radius 3 is 2.45 bits per heavy atom. The number of para-hydroxylation sites is 1. The van der Waals surface area contributed by atoms with Gasteiger partial charge in [0.15, 0.2) is 19.0 Å². The number of esters is 1. The third-order valence-electron chi connectivity index (χ3n) is 5.71. The van der Waals surface area contributed by atoms with Gasteiger partial charge in [-0.05, 0) is 23.1 Å². The smallest absolute Gasteiger partial charge is 0.344 e. The van der Waals surface area contributed by atoms with E-state index in [0.717, 1.165) is 27.7 Å². The van der Waals surface area contributed by atoms with Gasteiger partial charge in [0.25, 0.3) is 0 Å². The molecule has 0 N–H and O–H groups in total. The highest BCUT2D eigenvalue weighted by Gasteiger charge is 2.38. The Bertz CT molecular complexity index is 1170. The summed E-state index contributed by atoms with van der Waals surface area (Å²) >= 11 is 0. The summed E-state index contributed by atoms with van der Waals surface area (Å²) in [5.74, 6) is -0.237. The molecule has 0 atom stereocenters. The van der Waals surface area contributed by atoms with E-state index in [1.54, 1.807) is 12.1 Å². The summed E-state index contributed by atoms with van der Waals surface area (Å²) in [6, 6.07) is 21.5. The maximum atomic E-state index is 12.5. The van der Waals surface area contributed by atoms with Crippen LogP contribution < -0.4 is 9.64 Å². The summed E-state index contributed by atoms with van der Waals surface area (Å²) in [5, 5.41) is 1.95. The van der Waals surface area contributed by atoms with Crippen LogP contribution in [0.2, 0.25) is 0 Å². The lowest BCUT2D eigenvalue weighted by molar-refractivity contribution is -0.148. The molecule has 0 saturated carbocycles. The Morgan fingerprint density at radius 2 is 1.65 bits per heavy atom. The number of ketones is 1. The standard InChI is InChI=1S/C26H25NO4/c1-26(2)21-12-6-7-13-22(21)27(3)24(26)15-19(28)16-31-25(29)17-30-23-14-8-10-18-9-4-5-11-20(18)23/h4-15H,16-17H2,1-3H3. The molecule has 0 fully saturated rings. The van der Waals surface area contributed by atoms with E-state index in [2.05, 4.69) is 19.9 Å². The largest absolute Gasteiger partial charge is 0.481 e. The summed E-state index contributed by atoms with van der Waals surface area (Å²) < 4.78 is 10.8. The highest BCUT2D eigenvalue weighted by atomic mass is 16.6. The second-order valence-electron chi connectivity index (χ2n) is 8.12. The molecule has 0 saturated heterocycles. The number of carbonyl (C=O) groups is 2. The molecule has 3 aromatic rings. The number of likely N-dealkylation sites (N-methyl/N-ethyl adjacent to an activating group) is 1. The van der Waals surface area contributed by atoms with E-state index in [4.69, 9.17) is 9.47 Å². The number of benzene rings is 3. The Balaban J connectivity index is 1.36. The summed E-state index contributed by atoms with van der Waals surface area (Å²) in [5.41, 5.74) is 2.81. The molecule has 31 heavy (non-hydrogen) atoms. The van der Waals surface area contributed by atoms with Crippen LogP contribution in [0.3, 0.4) is 0 Å². The third kappa shape index (κ3) is 4.04. The number of rotatable bonds is 6. The number of hydrogen-bond donors (Lipinski definition) is 0. The van der Waals surface area contributed by atoms with Crippen LogP contribution in [0.4, 0.5) is 5.69 Å². The Labute approximate surface area is 181 Å². The summed E-state index contributed by atoms with van der Waals surface area (Å²) in [7, 11) is 1.94. The van der Waals surface area contributed by atoms with Gasteiger partial charge >= 0.3 is 5.97 Å². The van der Waals surface area contributed by atoms with Gasteiger partial charge < -0.3 is 14.4 Å². The monoisotopic (exact) mass is 415 g/mol. The topological polar surface area (TPSA) is 55.8 Å². The first kappa shape index (κ1) is 20.7. The van der Waals surface area contributed by atoms with Gasteiger partial charge in [0.05, 0.1) is 0 Å². The van der Waals surface area contributed by atoms with E-state index >= 15 is 0 Å². The minimum atomic E-state index is -0.581. The first-order valence-electron chi connectivity index (χ1n) is 10.2. The number of anilines is 1. The number of ether oxygens (including phenoxy) is 2. The zero-order valence-electron chi connectivity index (χ0n) is 17.9. The summed E-state index contributed by atoms with van der Waals surface area (Å²) in [6.07, 6.45) is 1.57. The highest BCUT2D eigenvalue weighted by molar-refractivity contribution is 5.94. The minimum Gasteiger partial charge on any atom is -0.481 e. The number of hydrogen-bond acceptors (Lipinski definition) is 5. The maximum absolute atomic E-state index is 12.5. The molecule has 0 radical (unpaired) electrons. The normalized spacial score (nSPS) is 15.7. The predicted molar refractivity (Wildman–Crippen MR) is 121 cm³/mol. The van der Waals surface area contributed by atoms with Crippen LogP contribution in [0.25, 0.3) is 10.8 Å². The van der Waals surface area contributed by atoms with Crippen LogP contribution >= 0.6 is 0 Å². The van der Waals surface area contributed by atoms with Gasteiger partial charge in [-0.15, -0.1) is 0 Å². The molecule has 0 unspecified atom stereocenters. The van der Waals surface area contributed by atoms with Crippen molar-refractivity contribution in [3.05, 3.63) is 84.1 Å². The predicted octanol–water partition coefficient (Wildman–Crippen LogP) is 4.64. The lowest BCUT2D eigenvalue weighted by Gasteiger charge is -2.23. The van der Waals surface area contributed by atoms with Crippen LogP contribution in [0, 0.1) is 0 Å². The zero-order valence-corrected chi connectivity index (χ0v) is 17.9. The molecule has 4 rings (SSSR count). The van der Waals surface area contributed by atoms with Crippen LogP contribution in [-0.4, -0.2) is 32.0 Å². The van der Waals surface area contributed by atoms with Crippen LogP contribution in [0.5, 0.6) is 5.75 Å². The first-order chi connectivity index (χ1) is 14.9. The second kappa shape index (κ2) is 8.26. The fraction of sp³-hybridized carbons (Fsp3) is 0.231. The third-order valence-corrected chi connectivity index (χ3v) is 5.71. The minimum absolute atomic E-state index is 0.255. The van der Waals surface area contributed by atoms with Gasteiger partial charge in [0.2, 0.25) is 0 Å². The Morgan fingerprint density at radius 1 is 0.935 bits per heavy atom. The average Bonchev–Trinajstić information content (AvgIpc) is 2.97. The van der Waals surface area contributed by atoms with Crippen molar-refractivity contribution in [2.45, 2.75) is 19.3 Å². The Kier molecular flexibility index (Phi) is 5.51. The molecule has 1 aliphatic rings. The molecule has 5 heteroatoms. The molecule has 0 bridgehead atoms. The number of nitrogens with zero attached hydrogens (tertiary/aromatic N) is 1. The van der Waals surface area contributed by atoms with Gasteiger partial charge in [-0.3, -0.25) is 4.79 Å². The SMILES string of the molecule is CN1C(=CC(=O)COC(=O)COc2cccc3ccccc23)C(C)(C)c2ccccc21. The molecule has 158 valence electrons. The summed E-state index contributed by atoms with van der Waals surface area (Å²) in [4.78, 5) is 26.7. The van der Waals surface area contributed by atoms with Gasteiger partial charge in [0, 0.05) is 35.3 Å². The van der Waals surface area contributed by atoms with E-state index in [1.165, 1.54) is 0 Å². The Hall–Kier alpha value is -3.60. The quantitative estimate of drug-likeness (QED) is 0.434. The molecule has 0 aliphatic carbocycles. The van der Waals surface area contributed by atoms with E-state index in [-0.39, 0.29) is 24.4 Å². The molecule has 1 heterocycles. The molecular weight excluding hydrogens is 390 g/mol. The molecule has 0 aromatic heterocycles. The van der Waals surface area contributed by atoms with Crippen molar-refractivity contribution in [1.29, 1.82) is 0 Å². The number of fused-ring (bicyclic) bond motifs is 2. The first-order valence-corrected chi connectivity index (χ1v) is 10.2. The van der Waals surface area contributed by atoms with Crippen molar-refractivity contribution in [3.8, 4) is 5.75 Å². The maximum Gasteiger partial charge on any atom is 0.344 e. The van der Waals surface area contributed by atoms with Gasteiger partial charge in [-0.25, -0.2) is 4.79 Å². The van der Waals surface area contributed by atoms with E-state index in [9.17, 15) is 9.59 Å². The van der Waals surface area contributed by atoms with E-state index < -0.39 is 5.97 Å². The van der Waals surface area contributed by atoms with Crippen molar-refractivity contribution in [2.24, 2.45) is 0 Å². The van der Waals surface area contributed by atoms with Gasteiger partial charge in [0.1, 0.15) is 5.75 Å². The molecule has 0 amide bonds. The fourth-order valence-corrected chi connectivity index (χ4v) is 4.10. The van der Waals surface area contributed by atoms with Gasteiger partial charge in [-0.1, -0.05) is 68.4 Å². The van der Waals surface area contributed by atoms with Crippen molar-refractivity contribution in [3.63, 3.8) is 0 Å². The van der Waals surface area contributed by atoms with Crippen molar-refractivity contribution in [1.82, 2.24) is 0 Å².